The zero-order valence-corrected chi connectivity index (χ0v) is 18.9. The van der Waals surface area contributed by atoms with Crippen LogP contribution in [0.25, 0.3) is 11.4 Å². The molecule has 1 heterocycles. The molecule has 0 fully saturated rings. The number of thioether (sulfide) groups is 1. The van der Waals surface area contributed by atoms with Gasteiger partial charge in [0.15, 0.2) is 5.82 Å². The van der Waals surface area contributed by atoms with Gasteiger partial charge in [-0.25, -0.2) is 19.2 Å². The van der Waals surface area contributed by atoms with E-state index in [4.69, 9.17) is 22.4 Å². The molecule has 2 aromatic carbocycles. The van der Waals surface area contributed by atoms with Crippen molar-refractivity contribution in [3.8, 4) is 11.4 Å². The number of hydrogen-bond acceptors (Lipinski definition) is 7. The molecule has 0 saturated carbocycles. The van der Waals surface area contributed by atoms with Gasteiger partial charge in [0, 0.05) is 23.5 Å². The van der Waals surface area contributed by atoms with E-state index in [-0.39, 0.29) is 35.4 Å². The first-order valence-corrected chi connectivity index (χ1v) is 11.2. The van der Waals surface area contributed by atoms with Crippen molar-refractivity contribution >= 4 is 52.5 Å². The largest absolute Gasteiger partial charge is 0.395 e. The summed E-state index contributed by atoms with van der Waals surface area (Å²) in [6.07, 6.45) is 1.80. The average Bonchev–Trinajstić information content (AvgIpc) is 2.77. The monoisotopic (exact) mass is 490 g/mol. The number of aromatic nitrogens is 2. The third kappa shape index (κ3) is 6.09. The molecule has 12 heteroatoms. The number of aliphatic hydroxyl groups excluding tert-OH is 1. The van der Waals surface area contributed by atoms with Gasteiger partial charge in [0.1, 0.15) is 16.8 Å². The summed E-state index contributed by atoms with van der Waals surface area (Å²) in [7, 11) is 0. The van der Waals surface area contributed by atoms with Crippen molar-refractivity contribution in [1.82, 2.24) is 9.97 Å². The van der Waals surface area contributed by atoms with Crippen LogP contribution in [0.5, 0.6) is 0 Å². The molecule has 9 nitrogen and oxygen atoms in total. The number of aliphatic hydroxyl groups is 1. The number of anilines is 3. The number of carbonyl (C=O) groups excluding carboxylic acids is 2. The highest BCUT2D eigenvalue weighted by Gasteiger charge is 2.17. The van der Waals surface area contributed by atoms with Gasteiger partial charge < -0.3 is 26.8 Å². The lowest BCUT2D eigenvalue weighted by atomic mass is 10.1. The summed E-state index contributed by atoms with van der Waals surface area (Å²) in [5.41, 5.74) is 6.20. The summed E-state index contributed by atoms with van der Waals surface area (Å²) in [6, 6.07) is 9.43. The quantitative estimate of drug-likeness (QED) is 0.239. The van der Waals surface area contributed by atoms with Crippen molar-refractivity contribution in [3.05, 3.63) is 59.0 Å². The number of rotatable bonds is 8. The highest BCUT2D eigenvalue weighted by atomic mass is 35.5. The number of halogens is 2. The molecule has 0 atom stereocenters. The minimum Gasteiger partial charge on any atom is -0.395 e. The maximum absolute atomic E-state index is 14.8. The van der Waals surface area contributed by atoms with Gasteiger partial charge in [-0.1, -0.05) is 11.6 Å². The molecule has 3 rings (SSSR count). The molecule has 0 spiro atoms. The molecule has 1 aromatic heterocycles. The lowest BCUT2D eigenvalue weighted by molar-refractivity contribution is 0.100. The topological polar surface area (TPSA) is 142 Å². The number of nitrogens with zero attached hydrogens (tertiary/aromatic N) is 2. The fraction of sp³-hybridized carbons (Fsp3) is 0.143. The molecular weight excluding hydrogens is 471 g/mol. The fourth-order valence-corrected chi connectivity index (χ4v) is 3.73. The van der Waals surface area contributed by atoms with Crippen LogP contribution in [-0.2, 0) is 0 Å². The van der Waals surface area contributed by atoms with Gasteiger partial charge >= 0.3 is 6.03 Å². The number of primary amides is 1. The molecule has 0 unspecified atom stereocenters. The van der Waals surface area contributed by atoms with E-state index in [1.54, 1.807) is 6.26 Å². The Morgan fingerprint density at radius 1 is 1.12 bits per heavy atom. The summed E-state index contributed by atoms with van der Waals surface area (Å²) >= 11 is 7.55. The van der Waals surface area contributed by atoms with Crippen LogP contribution in [0.15, 0.2) is 47.4 Å². The Balaban J connectivity index is 1.76. The van der Waals surface area contributed by atoms with Crippen LogP contribution in [0.1, 0.15) is 10.4 Å². The van der Waals surface area contributed by atoms with Crippen molar-refractivity contribution < 1.29 is 19.1 Å². The van der Waals surface area contributed by atoms with E-state index < -0.39 is 17.8 Å². The minimum atomic E-state index is -0.667. The molecule has 6 N–H and O–H groups in total. The van der Waals surface area contributed by atoms with Gasteiger partial charge in [-0.05, 0) is 48.7 Å². The Morgan fingerprint density at radius 2 is 1.79 bits per heavy atom. The Morgan fingerprint density at radius 3 is 2.39 bits per heavy atom. The second kappa shape index (κ2) is 10.9. The predicted octanol–water partition coefficient (Wildman–Crippen LogP) is 3.81. The summed E-state index contributed by atoms with van der Waals surface area (Å²) in [5.74, 6) is -0.804. The smallest absolute Gasteiger partial charge is 0.323 e. The van der Waals surface area contributed by atoms with Gasteiger partial charge in [-0.15, -0.1) is 11.8 Å². The first-order valence-electron chi connectivity index (χ1n) is 9.56. The highest BCUT2D eigenvalue weighted by molar-refractivity contribution is 7.98. The van der Waals surface area contributed by atoms with Crippen LogP contribution in [0.4, 0.5) is 26.4 Å². The third-order valence-corrected chi connectivity index (χ3v) is 5.51. The molecule has 0 bridgehead atoms. The van der Waals surface area contributed by atoms with Gasteiger partial charge in [0.25, 0.3) is 0 Å². The summed E-state index contributed by atoms with van der Waals surface area (Å²) in [5, 5.41) is 17.2. The van der Waals surface area contributed by atoms with E-state index in [1.807, 2.05) is 0 Å². The third-order valence-electron chi connectivity index (χ3n) is 4.33. The number of hydrogen-bond donors (Lipinski definition) is 5. The number of carbonyl (C=O) groups is 2. The minimum absolute atomic E-state index is 0.0567. The zero-order valence-electron chi connectivity index (χ0n) is 17.4. The summed E-state index contributed by atoms with van der Waals surface area (Å²) in [6.45, 7) is 0.128. The van der Waals surface area contributed by atoms with Crippen molar-refractivity contribution in [3.63, 3.8) is 0 Å². The van der Waals surface area contributed by atoms with Crippen molar-refractivity contribution in [2.75, 3.05) is 35.4 Å². The predicted molar refractivity (Wildman–Crippen MR) is 127 cm³/mol. The Bertz CT molecular complexity index is 1180. The fourth-order valence-electron chi connectivity index (χ4n) is 2.80. The molecule has 3 aromatic rings. The van der Waals surface area contributed by atoms with Gasteiger partial charge in [0.05, 0.1) is 17.1 Å². The van der Waals surface area contributed by atoms with E-state index in [0.717, 1.165) is 6.07 Å². The number of amides is 3. The Hall–Kier alpha value is -3.41. The second-order valence-electron chi connectivity index (χ2n) is 6.59. The average molecular weight is 491 g/mol. The van der Waals surface area contributed by atoms with Crippen molar-refractivity contribution in [1.29, 1.82) is 0 Å². The lowest BCUT2D eigenvalue weighted by Crippen LogP contribution is -2.19. The SMILES string of the molecule is CSc1c(Cl)nc(-c2ccc(NC(=O)Nc3ccc(C(N)=O)cc3)cc2F)nc1NCCO. The van der Waals surface area contributed by atoms with Crippen LogP contribution in [0.2, 0.25) is 5.15 Å². The molecule has 0 aliphatic heterocycles. The van der Waals surface area contributed by atoms with Crippen LogP contribution < -0.4 is 21.7 Å². The summed E-state index contributed by atoms with van der Waals surface area (Å²) in [4.78, 5) is 32.4. The van der Waals surface area contributed by atoms with Gasteiger partial charge in [-0.2, -0.15) is 0 Å². The number of urea groups is 1. The maximum Gasteiger partial charge on any atom is 0.323 e. The highest BCUT2D eigenvalue weighted by Crippen LogP contribution is 2.33. The number of nitrogens with one attached hydrogen (secondary N) is 3. The van der Waals surface area contributed by atoms with E-state index in [0.29, 0.717) is 22.0 Å². The molecule has 0 saturated heterocycles. The maximum atomic E-state index is 14.8. The molecular formula is C21H20ClFN6O3S. The van der Waals surface area contributed by atoms with E-state index >= 15 is 0 Å². The standard InChI is InChI=1S/C21H20ClFN6O3S/c1-33-16-17(22)28-19(29-20(16)25-8-9-30)14-7-6-13(10-15(14)23)27-21(32)26-12-4-2-11(3-5-12)18(24)31/h2-7,10,30H,8-9H2,1H3,(H2,24,31)(H,25,28,29)(H2,26,27,32). The lowest BCUT2D eigenvalue weighted by Gasteiger charge is -2.13. The van der Waals surface area contributed by atoms with Crippen LogP contribution in [0.3, 0.4) is 0 Å². The van der Waals surface area contributed by atoms with Crippen LogP contribution >= 0.6 is 23.4 Å². The first-order chi connectivity index (χ1) is 15.8. The number of benzene rings is 2. The molecule has 0 aliphatic carbocycles. The van der Waals surface area contributed by atoms with Gasteiger partial charge in [-0.3, -0.25) is 4.79 Å². The summed E-state index contributed by atoms with van der Waals surface area (Å²) < 4.78 is 14.8. The van der Waals surface area contributed by atoms with E-state index in [1.165, 1.54) is 48.2 Å². The molecule has 33 heavy (non-hydrogen) atoms. The first kappa shape index (κ1) is 24.2. The van der Waals surface area contributed by atoms with Crippen molar-refractivity contribution in [2.24, 2.45) is 5.73 Å². The van der Waals surface area contributed by atoms with E-state index in [2.05, 4.69) is 25.9 Å². The van der Waals surface area contributed by atoms with Crippen molar-refractivity contribution in [2.45, 2.75) is 4.90 Å². The second-order valence-corrected chi connectivity index (χ2v) is 7.76. The number of nitrogens with two attached hydrogens (primary N) is 1. The Kier molecular flexibility index (Phi) is 8.04. The van der Waals surface area contributed by atoms with Crippen LogP contribution in [0, 0.1) is 5.82 Å². The molecule has 3 amide bonds. The normalized spacial score (nSPS) is 10.5. The molecule has 172 valence electrons. The molecule has 0 radical (unpaired) electrons. The van der Waals surface area contributed by atoms with Gasteiger partial charge in [0.2, 0.25) is 5.91 Å². The Labute approximate surface area is 198 Å². The van der Waals surface area contributed by atoms with Crippen LogP contribution in [-0.4, -0.2) is 46.4 Å². The van der Waals surface area contributed by atoms with E-state index in [9.17, 15) is 14.0 Å². The molecule has 0 aliphatic rings. The zero-order chi connectivity index (χ0) is 24.0.